The summed E-state index contributed by atoms with van der Waals surface area (Å²) < 4.78 is 15.4. The first-order chi connectivity index (χ1) is 9.65. The first kappa shape index (κ1) is 12.3. The van der Waals surface area contributed by atoms with E-state index in [0.717, 1.165) is 0 Å². The Morgan fingerprint density at radius 3 is 2.90 bits per heavy atom. The van der Waals surface area contributed by atoms with Gasteiger partial charge in [-0.05, 0) is 11.6 Å². The highest BCUT2D eigenvalue weighted by Gasteiger charge is 2.12. The monoisotopic (exact) mass is 270 g/mol. The van der Waals surface area contributed by atoms with Crippen LogP contribution in [0.2, 0.25) is 0 Å². The number of imidazole rings is 1. The molecule has 2 N–H and O–H groups in total. The van der Waals surface area contributed by atoms with Gasteiger partial charge >= 0.3 is 0 Å². The van der Waals surface area contributed by atoms with Crippen LogP contribution in [0.4, 0.5) is 4.39 Å². The minimum absolute atomic E-state index is 0.127. The summed E-state index contributed by atoms with van der Waals surface area (Å²) in [5.41, 5.74) is 6.97. The van der Waals surface area contributed by atoms with Crippen molar-refractivity contribution in [3.63, 3.8) is 0 Å². The Balaban J connectivity index is 2.12. The molecule has 0 fully saturated rings. The van der Waals surface area contributed by atoms with E-state index < -0.39 is 5.91 Å². The summed E-state index contributed by atoms with van der Waals surface area (Å²) in [6.45, 7) is 0. The van der Waals surface area contributed by atoms with Crippen molar-refractivity contribution >= 4 is 11.6 Å². The number of carbonyl (C=O) groups is 1. The highest BCUT2D eigenvalue weighted by Crippen LogP contribution is 2.15. The lowest BCUT2D eigenvalue weighted by atomic mass is 10.1. The molecule has 2 aromatic heterocycles. The van der Waals surface area contributed by atoms with Crippen LogP contribution in [0.3, 0.4) is 0 Å². The lowest BCUT2D eigenvalue weighted by molar-refractivity contribution is 0.0995. The minimum atomic E-state index is -0.629. The number of nitrogens with two attached hydrogens (primary N) is 1. The molecular weight excluding hydrogens is 259 g/mol. The van der Waals surface area contributed by atoms with Crippen LogP contribution in [0, 0.1) is 5.82 Å². The molecule has 0 saturated carbocycles. The van der Waals surface area contributed by atoms with Crippen molar-refractivity contribution < 1.29 is 9.18 Å². The number of benzene rings is 1. The first-order valence-corrected chi connectivity index (χ1v) is 6.01. The maximum absolute atomic E-state index is 13.7. The van der Waals surface area contributed by atoms with Gasteiger partial charge in [-0.2, -0.15) is 0 Å². The topological polar surface area (TPSA) is 73.3 Å². The summed E-state index contributed by atoms with van der Waals surface area (Å²) in [6.07, 6.45) is 5.03. The second-order valence-corrected chi connectivity index (χ2v) is 4.36. The highest BCUT2D eigenvalue weighted by atomic mass is 19.1. The number of fused-ring (bicyclic) bond motifs is 1. The number of primary amides is 1. The van der Waals surface area contributed by atoms with Gasteiger partial charge in [0.1, 0.15) is 11.5 Å². The molecule has 0 radical (unpaired) electrons. The van der Waals surface area contributed by atoms with E-state index in [1.165, 1.54) is 12.3 Å². The van der Waals surface area contributed by atoms with Crippen molar-refractivity contribution in [1.29, 1.82) is 0 Å². The van der Waals surface area contributed by atoms with Crippen molar-refractivity contribution in [2.24, 2.45) is 5.73 Å². The van der Waals surface area contributed by atoms with Gasteiger partial charge in [-0.15, -0.1) is 0 Å². The van der Waals surface area contributed by atoms with Crippen LogP contribution in [-0.2, 0) is 6.42 Å². The van der Waals surface area contributed by atoms with Gasteiger partial charge in [0.2, 0.25) is 0 Å². The van der Waals surface area contributed by atoms with Gasteiger partial charge in [0.25, 0.3) is 5.91 Å². The Hall–Kier alpha value is -2.76. The molecule has 20 heavy (non-hydrogen) atoms. The molecular formula is C14H11FN4O. The zero-order chi connectivity index (χ0) is 14.1. The molecule has 0 aliphatic rings. The van der Waals surface area contributed by atoms with E-state index in [9.17, 15) is 9.18 Å². The van der Waals surface area contributed by atoms with Crippen LogP contribution in [0.15, 0.2) is 42.9 Å². The standard InChI is InChI=1S/C14H11FN4O/c15-10-4-2-1-3-9(10)7-11-14-17-5-6-19(14)8-12(18-11)13(16)20/h1-6,8H,7H2,(H2,16,20). The Morgan fingerprint density at radius 2 is 2.15 bits per heavy atom. The number of hydrogen-bond donors (Lipinski definition) is 1. The maximum Gasteiger partial charge on any atom is 0.268 e. The molecule has 0 aliphatic carbocycles. The smallest absolute Gasteiger partial charge is 0.268 e. The first-order valence-electron chi connectivity index (χ1n) is 6.01. The third-order valence-corrected chi connectivity index (χ3v) is 3.01. The van der Waals surface area contributed by atoms with E-state index in [0.29, 0.717) is 16.9 Å². The number of hydrogen-bond acceptors (Lipinski definition) is 3. The molecule has 0 spiro atoms. The summed E-state index contributed by atoms with van der Waals surface area (Å²) in [5.74, 6) is -0.945. The van der Waals surface area contributed by atoms with Gasteiger partial charge in [0.15, 0.2) is 5.65 Å². The van der Waals surface area contributed by atoms with Crippen molar-refractivity contribution in [1.82, 2.24) is 14.4 Å². The molecule has 0 bridgehead atoms. The van der Waals surface area contributed by atoms with E-state index in [-0.39, 0.29) is 17.9 Å². The van der Waals surface area contributed by atoms with E-state index in [1.54, 1.807) is 35.0 Å². The number of aromatic nitrogens is 3. The SMILES string of the molecule is NC(=O)c1cn2ccnc2c(Cc2ccccc2F)n1. The van der Waals surface area contributed by atoms with E-state index in [2.05, 4.69) is 9.97 Å². The second kappa shape index (κ2) is 4.73. The van der Waals surface area contributed by atoms with Crippen LogP contribution >= 0.6 is 0 Å². The molecule has 0 saturated heterocycles. The highest BCUT2D eigenvalue weighted by molar-refractivity contribution is 5.90. The number of halogens is 1. The quantitative estimate of drug-likeness (QED) is 0.785. The van der Waals surface area contributed by atoms with Gasteiger partial charge in [-0.25, -0.2) is 14.4 Å². The fraction of sp³-hybridized carbons (Fsp3) is 0.0714. The summed E-state index contributed by atoms with van der Waals surface area (Å²) in [4.78, 5) is 19.6. The van der Waals surface area contributed by atoms with Gasteiger partial charge in [-0.1, -0.05) is 18.2 Å². The zero-order valence-electron chi connectivity index (χ0n) is 10.5. The molecule has 1 amide bonds. The van der Waals surface area contributed by atoms with Crippen molar-refractivity contribution in [2.45, 2.75) is 6.42 Å². The Kier molecular flexibility index (Phi) is 2.90. The average molecular weight is 270 g/mol. The van der Waals surface area contributed by atoms with Crippen molar-refractivity contribution in [2.75, 3.05) is 0 Å². The largest absolute Gasteiger partial charge is 0.364 e. The fourth-order valence-corrected chi connectivity index (χ4v) is 2.06. The molecule has 3 rings (SSSR count). The van der Waals surface area contributed by atoms with Crippen molar-refractivity contribution in [3.8, 4) is 0 Å². The Bertz CT molecular complexity index is 797. The van der Waals surface area contributed by atoms with E-state index >= 15 is 0 Å². The van der Waals surface area contributed by atoms with E-state index in [1.807, 2.05) is 0 Å². The summed E-state index contributed by atoms with van der Waals surface area (Å²) in [6, 6.07) is 6.43. The molecule has 0 aliphatic heterocycles. The predicted molar refractivity (Wildman–Crippen MR) is 70.7 cm³/mol. The Morgan fingerprint density at radius 1 is 1.35 bits per heavy atom. The van der Waals surface area contributed by atoms with Crippen molar-refractivity contribution in [3.05, 3.63) is 65.6 Å². The van der Waals surface area contributed by atoms with Crippen LogP contribution < -0.4 is 5.73 Å². The zero-order valence-corrected chi connectivity index (χ0v) is 10.5. The third kappa shape index (κ3) is 2.11. The maximum atomic E-state index is 13.7. The minimum Gasteiger partial charge on any atom is -0.364 e. The normalized spacial score (nSPS) is 10.8. The molecule has 6 heteroatoms. The van der Waals surface area contributed by atoms with Crippen LogP contribution in [-0.4, -0.2) is 20.3 Å². The Labute approximate surface area is 113 Å². The fourth-order valence-electron chi connectivity index (χ4n) is 2.06. The number of amides is 1. The number of rotatable bonds is 3. The molecule has 0 atom stereocenters. The summed E-state index contributed by atoms with van der Waals surface area (Å²) in [7, 11) is 0. The van der Waals surface area contributed by atoms with Crippen LogP contribution in [0.5, 0.6) is 0 Å². The molecule has 2 heterocycles. The van der Waals surface area contributed by atoms with Gasteiger partial charge < -0.3 is 10.1 Å². The number of nitrogens with zero attached hydrogens (tertiary/aromatic N) is 3. The van der Waals surface area contributed by atoms with E-state index in [4.69, 9.17) is 5.73 Å². The molecule has 3 aromatic rings. The van der Waals surface area contributed by atoms with Gasteiger partial charge in [-0.3, -0.25) is 4.79 Å². The molecule has 5 nitrogen and oxygen atoms in total. The van der Waals surface area contributed by atoms with Crippen LogP contribution in [0.25, 0.3) is 5.65 Å². The second-order valence-electron chi connectivity index (χ2n) is 4.36. The molecule has 0 unspecified atom stereocenters. The average Bonchev–Trinajstić information content (AvgIpc) is 2.89. The molecule has 100 valence electrons. The lowest BCUT2D eigenvalue weighted by Gasteiger charge is -2.06. The van der Waals surface area contributed by atoms with Gasteiger partial charge in [0, 0.05) is 25.0 Å². The number of carbonyl (C=O) groups excluding carboxylic acids is 1. The lowest BCUT2D eigenvalue weighted by Crippen LogP contribution is -2.16. The summed E-state index contributed by atoms with van der Waals surface area (Å²) >= 11 is 0. The van der Waals surface area contributed by atoms with Gasteiger partial charge in [0.05, 0.1) is 5.69 Å². The van der Waals surface area contributed by atoms with Crippen LogP contribution in [0.1, 0.15) is 21.7 Å². The summed E-state index contributed by atoms with van der Waals surface area (Å²) in [5, 5.41) is 0. The third-order valence-electron chi connectivity index (χ3n) is 3.01. The predicted octanol–water partition coefficient (Wildman–Crippen LogP) is 1.56. The molecule has 1 aromatic carbocycles.